The summed E-state index contributed by atoms with van der Waals surface area (Å²) in [6.07, 6.45) is 1.95. The normalized spacial score (nSPS) is 19.2. The van der Waals surface area contributed by atoms with E-state index in [2.05, 4.69) is 55.3 Å². The fourth-order valence-electron chi connectivity index (χ4n) is 4.67. The number of hydrogen-bond donors (Lipinski definition) is 0. The van der Waals surface area contributed by atoms with Crippen LogP contribution in [0.4, 0.5) is 0 Å². The van der Waals surface area contributed by atoms with E-state index in [1.54, 1.807) is 0 Å². The summed E-state index contributed by atoms with van der Waals surface area (Å²) in [4.78, 5) is 18.0. The van der Waals surface area contributed by atoms with E-state index in [-0.39, 0.29) is 11.9 Å². The van der Waals surface area contributed by atoms with Crippen LogP contribution < -0.4 is 0 Å². The van der Waals surface area contributed by atoms with Crippen LogP contribution in [0.5, 0.6) is 0 Å². The Morgan fingerprint density at radius 3 is 2.48 bits per heavy atom. The van der Waals surface area contributed by atoms with Gasteiger partial charge in [-0.3, -0.25) is 9.69 Å². The van der Waals surface area contributed by atoms with E-state index in [4.69, 9.17) is 4.74 Å². The number of carbonyl (C=O) groups excluding carboxylic acids is 1. The average Bonchev–Trinajstić information content (AvgIpc) is 3.49. The Morgan fingerprint density at radius 2 is 1.73 bits per heavy atom. The molecule has 2 aliphatic heterocycles. The number of hydrogen-bond acceptors (Lipinski definition) is 5. The van der Waals surface area contributed by atoms with Gasteiger partial charge in [0, 0.05) is 24.1 Å². The lowest BCUT2D eigenvalue weighted by Crippen LogP contribution is -2.37. The molecule has 3 aromatic rings. The summed E-state index contributed by atoms with van der Waals surface area (Å²) in [5.41, 5.74) is 2.28. The molecular weight excluding hydrogens is 482 g/mol. The van der Waals surface area contributed by atoms with Crippen LogP contribution in [0.15, 0.2) is 59.1 Å². The quantitative estimate of drug-likeness (QED) is 0.504. The number of likely N-dealkylation sites (tertiary alicyclic amines) is 1. The van der Waals surface area contributed by atoms with E-state index < -0.39 is 0 Å². The first-order valence-electron chi connectivity index (χ1n) is 11.5. The lowest BCUT2D eigenvalue weighted by atomic mass is 10.0. The molecule has 2 saturated heterocycles. The zero-order chi connectivity index (χ0) is 22.6. The number of carbonyl (C=O) groups is 1. The van der Waals surface area contributed by atoms with Gasteiger partial charge in [-0.25, -0.2) is 0 Å². The number of benzene rings is 2. The largest absolute Gasteiger partial charge is 0.379 e. The van der Waals surface area contributed by atoms with E-state index in [0.717, 1.165) is 67.1 Å². The lowest BCUT2D eigenvalue weighted by Gasteiger charge is -2.27. The Morgan fingerprint density at radius 1 is 0.970 bits per heavy atom. The van der Waals surface area contributed by atoms with Gasteiger partial charge in [-0.05, 0) is 36.1 Å². The summed E-state index contributed by atoms with van der Waals surface area (Å²) in [5.74, 6) is 1.20. The summed E-state index contributed by atoms with van der Waals surface area (Å²) in [5, 5.41) is 8.91. The Kier molecular flexibility index (Phi) is 6.85. The predicted octanol–water partition coefficient (Wildman–Crippen LogP) is 3.90. The van der Waals surface area contributed by atoms with Crippen LogP contribution in [-0.2, 0) is 17.8 Å². The third kappa shape index (κ3) is 5.03. The molecule has 8 heteroatoms. The first-order chi connectivity index (χ1) is 16.2. The SMILES string of the molecule is O=C(c1nnc(CN2CCOCC2)n1Cc1ccccc1)N1CCC[C@@H]1c1ccc(Br)cc1. The second-order valence-corrected chi connectivity index (χ2v) is 9.52. The van der Waals surface area contributed by atoms with E-state index in [9.17, 15) is 4.79 Å². The monoisotopic (exact) mass is 509 g/mol. The van der Waals surface area contributed by atoms with Gasteiger partial charge in [0.1, 0.15) is 5.82 Å². The fourth-order valence-corrected chi connectivity index (χ4v) is 4.94. The van der Waals surface area contributed by atoms with Gasteiger partial charge in [-0.1, -0.05) is 58.4 Å². The first-order valence-corrected chi connectivity index (χ1v) is 12.3. The maximum absolute atomic E-state index is 13.8. The number of morpholine rings is 1. The van der Waals surface area contributed by atoms with Gasteiger partial charge in [-0.2, -0.15) is 0 Å². The maximum atomic E-state index is 13.8. The third-order valence-electron chi connectivity index (χ3n) is 6.44. The number of amides is 1. The van der Waals surface area contributed by atoms with Crippen LogP contribution in [-0.4, -0.2) is 63.3 Å². The molecular formula is C25H28BrN5O2. The summed E-state index contributed by atoms with van der Waals surface area (Å²) >= 11 is 3.51. The van der Waals surface area contributed by atoms with Gasteiger partial charge < -0.3 is 14.2 Å². The maximum Gasteiger partial charge on any atom is 0.292 e. The topological polar surface area (TPSA) is 63.5 Å². The van der Waals surface area contributed by atoms with Gasteiger partial charge >= 0.3 is 0 Å². The van der Waals surface area contributed by atoms with Crippen LogP contribution in [0.25, 0.3) is 0 Å². The molecule has 1 amide bonds. The third-order valence-corrected chi connectivity index (χ3v) is 6.97. The van der Waals surface area contributed by atoms with Crippen molar-refractivity contribution in [2.45, 2.75) is 32.0 Å². The molecule has 0 radical (unpaired) electrons. The number of nitrogens with zero attached hydrogens (tertiary/aromatic N) is 5. The Hall–Kier alpha value is -2.55. The minimum Gasteiger partial charge on any atom is -0.379 e. The molecule has 1 atom stereocenters. The Bertz CT molecular complexity index is 1080. The first kappa shape index (κ1) is 22.3. The molecule has 172 valence electrons. The van der Waals surface area contributed by atoms with Crippen molar-refractivity contribution in [3.63, 3.8) is 0 Å². The zero-order valence-corrected chi connectivity index (χ0v) is 20.2. The average molecular weight is 510 g/mol. The molecule has 0 spiro atoms. The van der Waals surface area contributed by atoms with E-state index >= 15 is 0 Å². The smallest absolute Gasteiger partial charge is 0.292 e. The molecule has 0 aliphatic carbocycles. The molecule has 5 rings (SSSR count). The molecule has 1 aromatic heterocycles. The van der Waals surface area contributed by atoms with Crippen molar-refractivity contribution in [3.05, 3.63) is 81.8 Å². The van der Waals surface area contributed by atoms with Gasteiger partial charge in [0.2, 0.25) is 5.82 Å². The summed E-state index contributed by atoms with van der Waals surface area (Å²) in [6.45, 7) is 5.13. The summed E-state index contributed by atoms with van der Waals surface area (Å²) < 4.78 is 8.53. The number of ether oxygens (including phenoxy) is 1. The molecule has 0 N–H and O–H groups in total. The lowest BCUT2D eigenvalue weighted by molar-refractivity contribution is 0.0325. The Labute approximate surface area is 202 Å². The highest BCUT2D eigenvalue weighted by Gasteiger charge is 2.34. The summed E-state index contributed by atoms with van der Waals surface area (Å²) in [6, 6.07) is 18.5. The van der Waals surface area contributed by atoms with Crippen LogP contribution in [0.2, 0.25) is 0 Å². The van der Waals surface area contributed by atoms with Crippen molar-refractivity contribution < 1.29 is 9.53 Å². The van der Waals surface area contributed by atoms with Gasteiger partial charge in [0.15, 0.2) is 0 Å². The summed E-state index contributed by atoms with van der Waals surface area (Å²) in [7, 11) is 0. The molecule has 2 fully saturated rings. The van der Waals surface area contributed by atoms with Gasteiger partial charge in [-0.15, -0.1) is 10.2 Å². The van der Waals surface area contributed by atoms with Crippen LogP contribution in [0.1, 0.15) is 46.5 Å². The molecule has 3 heterocycles. The molecule has 33 heavy (non-hydrogen) atoms. The minimum absolute atomic E-state index is 0.0444. The van der Waals surface area contributed by atoms with E-state index in [1.807, 2.05) is 39.8 Å². The number of aromatic nitrogens is 3. The van der Waals surface area contributed by atoms with E-state index in [1.165, 1.54) is 0 Å². The predicted molar refractivity (Wildman–Crippen MR) is 129 cm³/mol. The van der Waals surface area contributed by atoms with Crippen molar-refractivity contribution in [2.75, 3.05) is 32.8 Å². The molecule has 0 bridgehead atoms. The molecule has 7 nitrogen and oxygen atoms in total. The van der Waals surface area contributed by atoms with Crippen molar-refractivity contribution in [1.82, 2.24) is 24.6 Å². The number of halogens is 1. The molecule has 2 aliphatic rings. The van der Waals surface area contributed by atoms with Crippen molar-refractivity contribution in [2.24, 2.45) is 0 Å². The van der Waals surface area contributed by atoms with Crippen molar-refractivity contribution in [3.8, 4) is 0 Å². The second-order valence-electron chi connectivity index (χ2n) is 8.61. The Balaban J connectivity index is 1.44. The van der Waals surface area contributed by atoms with Crippen molar-refractivity contribution in [1.29, 1.82) is 0 Å². The van der Waals surface area contributed by atoms with Gasteiger partial charge in [0.25, 0.3) is 5.91 Å². The highest BCUT2D eigenvalue weighted by molar-refractivity contribution is 9.10. The highest BCUT2D eigenvalue weighted by atomic mass is 79.9. The highest BCUT2D eigenvalue weighted by Crippen LogP contribution is 2.33. The van der Waals surface area contributed by atoms with Crippen LogP contribution in [0.3, 0.4) is 0 Å². The number of rotatable bonds is 6. The zero-order valence-electron chi connectivity index (χ0n) is 18.6. The van der Waals surface area contributed by atoms with Crippen molar-refractivity contribution >= 4 is 21.8 Å². The molecule has 2 aromatic carbocycles. The second kappa shape index (κ2) is 10.2. The standard InChI is InChI=1S/C25H28BrN5O2/c26-21-10-8-20(9-11-21)22-7-4-12-30(22)25(32)24-28-27-23(18-29-13-15-33-16-14-29)31(24)17-19-5-2-1-3-6-19/h1-3,5-6,8-11,22H,4,7,12-18H2/t22-/m1/s1. The molecule has 0 unspecified atom stereocenters. The van der Waals surface area contributed by atoms with Crippen LogP contribution >= 0.6 is 15.9 Å². The molecule has 0 saturated carbocycles. The van der Waals surface area contributed by atoms with E-state index in [0.29, 0.717) is 18.9 Å². The van der Waals surface area contributed by atoms with Gasteiger partial charge in [0.05, 0.1) is 32.3 Å². The van der Waals surface area contributed by atoms with Crippen LogP contribution in [0, 0.1) is 0 Å². The minimum atomic E-state index is -0.0444. The fraction of sp³-hybridized carbons (Fsp3) is 0.400.